The SMILES string of the molecule is COC(C)=O.[2H]O. The van der Waals surface area contributed by atoms with E-state index in [1.54, 1.807) is 0 Å². The Morgan fingerprint density at radius 3 is 2.17 bits per heavy atom. The van der Waals surface area contributed by atoms with E-state index in [-0.39, 0.29) is 5.97 Å². The second-order valence-electron chi connectivity index (χ2n) is 0.696. The minimum atomic E-state index is -0.245. The summed E-state index contributed by atoms with van der Waals surface area (Å²) in [5, 5.41) is 0. The zero-order chi connectivity index (χ0) is 6.28. The largest absolute Gasteiger partial charge is 0.469 e. The molecular weight excluding hydrogens is 84.0 g/mol. The van der Waals surface area contributed by atoms with Crippen molar-refractivity contribution in [1.29, 1.82) is 0 Å². The number of carbonyl (C=O) groups is 1. The van der Waals surface area contributed by atoms with Crippen LogP contribution in [0.15, 0.2) is 0 Å². The van der Waals surface area contributed by atoms with E-state index < -0.39 is 0 Å². The van der Waals surface area contributed by atoms with E-state index in [1.165, 1.54) is 14.0 Å². The maximum absolute atomic E-state index is 9.59. The van der Waals surface area contributed by atoms with Crippen molar-refractivity contribution in [2.24, 2.45) is 0 Å². The van der Waals surface area contributed by atoms with E-state index in [2.05, 4.69) is 4.74 Å². The van der Waals surface area contributed by atoms with Gasteiger partial charge in [0.2, 0.25) is 1.43 Å². The zero-order valence-electron chi connectivity index (χ0n) is 4.76. The molecule has 0 rings (SSSR count). The summed E-state index contributed by atoms with van der Waals surface area (Å²) in [6, 6.07) is 0. The van der Waals surface area contributed by atoms with E-state index in [0.717, 1.165) is 0 Å². The van der Waals surface area contributed by atoms with E-state index in [4.69, 9.17) is 6.91 Å². The van der Waals surface area contributed by atoms with Gasteiger partial charge in [-0.3, -0.25) is 4.79 Å². The highest BCUT2D eigenvalue weighted by Gasteiger charge is 1.75. The molecule has 0 aromatic rings. The quantitative estimate of drug-likeness (QED) is 0.374. The van der Waals surface area contributed by atoms with Crippen molar-refractivity contribution >= 4 is 5.97 Å². The van der Waals surface area contributed by atoms with Crippen LogP contribution in [-0.4, -0.2) is 18.6 Å². The van der Waals surface area contributed by atoms with Gasteiger partial charge in [0, 0.05) is 6.92 Å². The standard InChI is InChI=1S/C3H6O2.H2O/c1-3(4)5-2;/h1-2H3;1H2/i/hD. The Hall–Kier alpha value is -0.570. The molecule has 2 N–H and O–H groups in total. The first kappa shape index (κ1) is 5.43. The summed E-state index contributed by atoms with van der Waals surface area (Å²) < 4.78 is 8.86. The van der Waals surface area contributed by atoms with Crippen LogP contribution in [-0.2, 0) is 9.53 Å². The maximum Gasteiger partial charge on any atom is 0.302 e. The number of esters is 1. The van der Waals surface area contributed by atoms with Gasteiger partial charge in [-0.1, -0.05) is 0 Å². The van der Waals surface area contributed by atoms with Gasteiger partial charge >= 0.3 is 5.97 Å². The Bertz CT molecular complexity index is 45.4. The van der Waals surface area contributed by atoms with Crippen LogP contribution in [0.25, 0.3) is 0 Å². The van der Waals surface area contributed by atoms with Crippen LogP contribution in [0.2, 0.25) is 0 Å². The van der Waals surface area contributed by atoms with Gasteiger partial charge in [0.25, 0.3) is 0 Å². The Labute approximate surface area is 37.7 Å². The Balaban J connectivity index is 0. The second-order valence-corrected chi connectivity index (χ2v) is 0.696. The summed E-state index contributed by atoms with van der Waals surface area (Å²) in [4.78, 5) is 9.59. The van der Waals surface area contributed by atoms with Gasteiger partial charge in [0.15, 0.2) is 0 Å². The third-order valence-corrected chi connectivity index (χ3v) is 0.287. The van der Waals surface area contributed by atoms with Crippen molar-refractivity contribution in [2.75, 3.05) is 7.11 Å². The molecule has 3 nitrogen and oxygen atoms in total. The van der Waals surface area contributed by atoms with E-state index in [1.807, 2.05) is 0 Å². The molecule has 0 unspecified atom stereocenters. The third kappa shape index (κ3) is 9.90. The second kappa shape index (κ2) is 4.43. The van der Waals surface area contributed by atoms with Gasteiger partial charge in [0.1, 0.15) is 0 Å². The van der Waals surface area contributed by atoms with Gasteiger partial charge < -0.3 is 10.2 Å². The summed E-state index contributed by atoms with van der Waals surface area (Å²) in [5.41, 5.74) is 6.25. The minimum absolute atomic E-state index is 0.245. The van der Waals surface area contributed by atoms with Gasteiger partial charge in [-0.2, -0.15) is 0 Å². The van der Waals surface area contributed by atoms with Crippen molar-refractivity contribution in [3.63, 3.8) is 0 Å². The molecule has 0 spiro atoms. The zero-order valence-corrected chi connectivity index (χ0v) is 3.76. The van der Waals surface area contributed by atoms with Crippen LogP contribution in [0.5, 0.6) is 0 Å². The van der Waals surface area contributed by atoms with Gasteiger partial charge in [-0.25, -0.2) is 0 Å². The highest BCUT2D eigenvalue weighted by Crippen LogP contribution is 1.60. The van der Waals surface area contributed by atoms with Crippen molar-refractivity contribution in [2.45, 2.75) is 6.92 Å². The van der Waals surface area contributed by atoms with Crippen LogP contribution in [0.1, 0.15) is 8.35 Å². The molecule has 0 aromatic carbocycles. The predicted molar refractivity (Wildman–Crippen MR) is 21.3 cm³/mol. The van der Waals surface area contributed by atoms with E-state index in [0.29, 0.717) is 0 Å². The molecule has 3 heteroatoms. The summed E-state index contributed by atoms with van der Waals surface area (Å²) in [7, 11) is 1.35. The lowest BCUT2D eigenvalue weighted by Gasteiger charge is -1.80. The molecule has 0 saturated heterocycles. The maximum atomic E-state index is 9.59. The number of ether oxygens (including phenoxy) is 1. The van der Waals surface area contributed by atoms with Crippen molar-refractivity contribution in [1.82, 2.24) is 0 Å². The average Bonchev–Trinajstić information content (AvgIpc) is 1.73. The fourth-order valence-corrected chi connectivity index (χ4v) is 0. The monoisotopic (exact) mass is 93.1 g/mol. The molecular formula is C3H8O3. The minimum Gasteiger partial charge on any atom is -0.469 e. The first-order valence-corrected chi connectivity index (χ1v) is 1.32. The number of hydrogen-bond acceptors (Lipinski definition) is 2. The van der Waals surface area contributed by atoms with Crippen LogP contribution in [0.3, 0.4) is 0 Å². The van der Waals surface area contributed by atoms with Gasteiger partial charge in [-0.15, -0.1) is 0 Å². The average molecular weight is 93.1 g/mol. The highest BCUT2D eigenvalue weighted by molar-refractivity contribution is 5.65. The molecule has 0 aliphatic carbocycles. The van der Waals surface area contributed by atoms with Crippen molar-refractivity contribution < 1.29 is 16.4 Å². The third-order valence-electron chi connectivity index (χ3n) is 0.287. The van der Waals surface area contributed by atoms with Crippen LogP contribution < -0.4 is 0 Å². The molecule has 0 aromatic heterocycles. The summed E-state index contributed by atoms with van der Waals surface area (Å²) >= 11 is 0. The summed E-state index contributed by atoms with van der Waals surface area (Å²) in [6.45, 7) is 1.36. The van der Waals surface area contributed by atoms with Gasteiger partial charge in [-0.05, 0) is 0 Å². The van der Waals surface area contributed by atoms with Crippen LogP contribution in [0.4, 0.5) is 0 Å². The van der Waals surface area contributed by atoms with E-state index >= 15 is 0 Å². The lowest BCUT2D eigenvalue weighted by molar-refractivity contribution is -0.137. The smallest absolute Gasteiger partial charge is 0.302 e. The number of rotatable bonds is 0. The molecule has 0 aliphatic rings. The Morgan fingerprint density at radius 1 is 2.00 bits per heavy atom. The lowest BCUT2D eigenvalue weighted by Crippen LogP contribution is -1.88. The Kier molecular flexibility index (Phi) is 4.01. The van der Waals surface area contributed by atoms with Crippen LogP contribution >= 0.6 is 0 Å². The number of methoxy groups -OCH3 is 1. The predicted octanol–water partition coefficient (Wildman–Crippen LogP) is -0.645. The van der Waals surface area contributed by atoms with Crippen LogP contribution in [0, 0.1) is 0 Å². The normalized spacial score (nSPS) is 6.83. The topological polar surface area (TPSA) is 57.8 Å². The molecule has 6 heavy (non-hydrogen) atoms. The van der Waals surface area contributed by atoms with E-state index in [9.17, 15) is 4.79 Å². The molecule has 0 atom stereocenters. The molecule has 0 bridgehead atoms. The van der Waals surface area contributed by atoms with Crippen molar-refractivity contribution in [3.8, 4) is 0 Å². The summed E-state index contributed by atoms with van der Waals surface area (Å²) in [6.07, 6.45) is 0. The first-order chi connectivity index (χ1) is 3.27. The number of hydrogen-bond donors (Lipinski definition) is 0. The number of carbonyl (C=O) groups excluding carboxylic acids is 1. The molecule has 38 valence electrons. The molecule has 0 fully saturated rings. The van der Waals surface area contributed by atoms with Gasteiger partial charge in [0.05, 0.1) is 7.11 Å². The molecule has 0 radical (unpaired) electrons. The fourth-order valence-electron chi connectivity index (χ4n) is 0. The van der Waals surface area contributed by atoms with Crippen molar-refractivity contribution in [3.05, 3.63) is 0 Å². The molecule has 0 aliphatic heterocycles. The molecule has 0 heterocycles. The molecule has 0 saturated carbocycles. The fraction of sp³-hybridized carbons (Fsp3) is 0.667. The lowest BCUT2D eigenvalue weighted by atomic mass is 10.8. The summed E-state index contributed by atoms with van der Waals surface area (Å²) in [5.74, 6) is -0.245. The first-order valence-electron chi connectivity index (χ1n) is 1.76. The highest BCUT2D eigenvalue weighted by atomic mass is 16.5. The molecule has 0 amide bonds. The Morgan fingerprint density at radius 2 is 2.17 bits per heavy atom.